The number of hydrogen-bond acceptors (Lipinski definition) is 4. The van der Waals surface area contributed by atoms with E-state index in [0.717, 1.165) is 30.0 Å². The van der Waals surface area contributed by atoms with Crippen molar-refractivity contribution in [2.75, 3.05) is 13.6 Å². The lowest BCUT2D eigenvalue weighted by molar-refractivity contribution is 0.145. The molecule has 0 aliphatic carbocycles. The molecule has 2 heterocycles. The first kappa shape index (κ1) is 21.1. The van der Waals surface area contributed by atoms with Crippen molar-refractivity contribution in [1.82, 2.24) is 15.1 Å². The molecule has 0 bridgehead atoms. The molecule has 2 aromatic carbocycles. The first-order valence-corrected chi connectivity index (χ1v) is 10.5. The lowest BCUT2D eigenvalue weighted by atomic mass is 10.1. The van der Waals surface area contributed by atoms with Crippen molar-refractivity contribution in [3.8, 4) is 0 Å². The van der Waals surface area contributed by atoms with Gasteiger partial charge in [-0.25, -0.2) is 8.78 Å². The van der Waals surface area contributed by atoms with Crippen molar-refractivity contribution in [2.45, 2.75) is 33.2 Å². The molecule has 0 aromatic heterocycles. The monoisotopic (exact) mass is 423 g/mol. The molecule has 6 heteroatoms. The Morgan fingerprint density at radius 2 is 1.87 bits per heavy atom. The zero-order chi connectivity index (χ0) is 22.0. The molecule has 0 saturated heterocycles. The van der Waals surface area contributed by atoms with Gasteiger partial charge in [0.15, 0.2) is 6.17 Å². The molecule has 0 saturated carbocycles. The van der Waals surface area contributed by atoms with Gasteiger partial charge in [0, 0.05) is 24.0 Å². The van der Waals surface area contributed by atoms with Gasteiger partial charge < -0.3 is 19.9 Å². The van der Waals surface area contributed by atoms with Crippen LogP contribution < -0.4 is 5.32 Å². The number of benzene rings is 2. The second-order valence-corrected chi connectivity index (χ2v) is 7.86. The van der Waals surface area contributed by atoms with Gasteiger partial charge in [-0.3, -0.25) is 0 Å². The molecule has 0 amide bonds. The topological polar surface area (TPSA) is 27.7 Å². The predicted molar refractivity (Wildman–Crippen MR) is 118 cm³/mol. The van der Waals surface area contributed by atoms with E-state index in [9.17, 15) is 8.78 Å². The third-order valence-corrected chi connectivity index (χ3v) is 5.66. The summed E-state index contributed by atoms with van der Waals surface area (Å²) in [6, 6.07) is 12.3. The van der Waals surface area contributed by atoms with E-state index in [-0.39, 0.29) is 18.3 Å². The molecule has 4 nitrogen and oxygen atoms in total. The minimum atomic E-state index is -0.605. The molecule has 31 heavy (non-hydrogen) atoms. The Morgan fingerprint density at radius 1 is 1.13 bits per heavy atom. The summed E-state index contributed by atoms with van der Waals surface area (Å²) in [6.07, 6.45) is 5.45. The van der Waals surface area contributed by atoms with Gasteiger partial charge in [-0.2, -0.15) is 0 Å². The van der Waals surface area contributed by atoms with E-state index in [1.807, 2.05) is 25.3 Å². The van der Waals surface area contributed by atoms with Crippen LogP contribution in [0.25, 0.3) is 5.70 Å². The summed E-state index contributed by atoms with van der Waals surface area (Å²) in [5.74, 6) is -0.597. The molecule has 1 atom stereocenters. The van der Waals surface area contributed by atoms with Crippen molar-refractivity contribution in [1.29, 1.82) is 0 Å². The van der Waals surface area contributed by atoms with Crippen LogP contribution in [0.15, 0.2) is 72.3 Å². The predicted octanol–water partition coefficient (Wildman–Crippen LogP) is 4.96. The lowest BCUT2D eigenvalue weighted by Gasteiger charge is -2.30. The summed E-state index contributed by atoms with van der Waals surface area (Å²) in [6.45, 7) is 5.86. The zero-order valence-electron chi connectivity index (χ0n) is 18.0. The highest BCUT2D eigenvalue weighted by molar-refractivity contribution is 5.71. The summed E-state index contributed by atoms with van der Waals surface area (Å²) in [5.41, 5.74) is 4.37. The SMILES string of the molecule is CCN(C)Cc1cccc(C2=C(C)NC3C(OCc4c(F)cccc4F)=CC=CN23)c1. The molecular formula is C25H27F2N3O. The molecule has 0 radical (unpaired) electrons. The fourth-order valence-corrected chi connectivity index (χ4v) is 3.92. The Kier molecular flexibility index (Phi) is 6.09. The Morgan fingerprint density at radius 3 is 2.61 bits per heavy atom. The highest BCUT2D eigenvalue weighted by atomic mass is 19.1. The fourth-order valence-electron chi connectivity index (χ4n) is 3.92. The minimum absolute atomic E-state index is 0.0693. The van der Waals surface area contributed by atoms with Gasteiger partial charge in [-0.05, 0) is 56.4 Å². The third-order valence-electron chi connectivity index (χ3n) is 5.66. The van der Waals surface area contributed by atoms with Crippen LogP contribution in [-0.2, 0) is 17.9 Å². The van der Waals surface area contributed by atoms with E-state index in [4.69, 9.17) is 4.74 Å². The summed E-state index contributed by atoms with van der Waals surface area (Å²) >= 11 is 0. The van der Waals surface area contributed by atoms with Crippen LogP contribution in [0.2, 0.25) is 0 Å². The van der Waals surface area contributed by atoms with E-state index < -0.39 is 11.6 Å². The Balaban J connectivity index is 1.53. The van der Waals surface area contributed by atoms with Gasteiger partial charge in [0.2, 0.25) is 0 Å². The van der Waals surface area contributed by atoms with Crippen LogP contribution in [0.5, 0.6) is 0 Å². The average molecular weight is 424 g/mol. The average Bonchev–Trinajstić information content (AvgIpc) is 3.10. The normalized spacial score (nSPS) is 17.7. The molecule has 2 aromatic rings. The van der Waals surface area contributed by atoms with E-state index >= 15 is 0 Å². The number of allylic oxidation sites excluding steroid dienone is 3. The molecule has 1 unspecified atom stereocenters. The summed E-state index contributed by atoms with van der Waals surface area (Å²) in [4.78, 5) is 4.36. The molecule has 162 valence electrons. The van der Waals surface area contributed by atoms with E-state index in [1.54, 1.807) is 0 Å². The smallest absolute Gasteiger partial charge is 0.162 e. The fraction of sp³-hybridized carbons (Fsp3) is 0.280. The van der Waals surface area contributed by atoms with Crippen molar-refractivity contribution < 1.29 is 13.5 Å². The van der Waals surface area contributed by atoms with Crippen LogP contribution in [0.4, 0.5) is 8.78 Å². The van der Waals surface area contributed by atoms with Crippen molar-refractivity contribution in [3.05, 3.63) is 101 Å². The number of halogens is 2. The summed E-state index contributed by atoms with van der Waals surface area (Å²) in [5, 5.41) is 3.45. The van der Waals surface area contributed by atoms with E-state index in [0.29, 0.717) is 5.76 Å². The maximum atomic E-state index is 14.0. The van der Waals surface area contributed by atoms with Crippen LogP contribution in [-0.4, -0.2) is 29.6 Å². The Hall–Kier alpha value is -3.12. The highest BCUT2D eigenvalue weighted by Gasteiger charge is 2.34. The van der Waals surface area contributed by atoms with E-state index in [2.05, 4.69) is 53.4 Å². The first-order valence-electron chi connectivity index (χ1n) is 10.5. The zero-order valence-corrected chi connectivity index (χ0v) is 18.0. The van der Waals surface area contributed by atoms with Crippen LogP contribution in [0, 0.1) is 11.6 Å². The summed E-state index contributed by atoms with van der Waals surface area (Å²) < 4.78 is 33.8. The number of ether oxygens (including phenoxy) is 1. The molecule has 0 fully saturated rings. The minimum Gasteiger partial charge on any atom is -0.489 e. The standard InChI is InChI=1S/C25H27F2N3O/c1-4-29(3)15-18-8-5-9-19(14-18)24-17(2)28-25-23(12-7-13-30(24)25)31-16-20-21(26)10-6-11-22(20)27/h5-14,25,28H,4,15-16H2,1-3H3. The Bertz CT molecular complexity index is 1040. The highest BCUT2D eigenvalue weighted by Crippen LogP contribution is 2.35. The number of fused-ring (bicyclic) bond motifs is 1. The molecule has 2 aliphatic heterocycles. The van der Waals surface area contributed by atoms with Gasteiger partial charge in [0.25, 0.3) is 0 Å². The number of nitrogens with zero attached hydrogens (tertiary/aromatic N) is 2. The second kappa shape index (κ2) is 8.94. The number of nitrogens with one attached hydrogen (secondary N) is 1. The van der Waals surface area contributed by atoms with Gasteiger partial charge in [-0.15, -0.1) is 0 Å². The van der Waals surface area contributed by atoms with Gasteiger partial charge in [0.05, 0.1) is 11.3 Å². The van der Waals surface area contributed by atoms with E-state index in [1.165, 1.54) is 23.8 Å². The van der Waals surface area contributed by atoms with Crippen LogP contribution >= 0.6 is 0 Å². The second-order valence-electron chi connectivity index (χ2n) is 7.86. The van der Waals surface area contributed by atoms with Gasteiger partial charge in [-0.1, -0.05) is 31.2 Å². The molecule has 1 N–H and O–H groups in total. The molecule has 2 aliphatic rings. The lowest BCUT2D eigenvalue weighted by Crippen LogP contribution is -2.38. The van der Waals surface area contributed by atoms with Crippen LogP contribution in [0.1, 0.15) is 30.5 Å². The summed E-state index contributed by atoms with van der Waals surface area (Å²) in [7, 11) is 2.10. The number of hydrogen-bond donors (Lipinski definition) is 1. The molecular weight excluding hydrogens is 396 g/mol. The van der Waals surface area contributed by atoms with Crippen molar-refractivity contribution in [2.24, 2.45) is 0 Å². The third kappa shape index (κ3) is 4.35. The quantitative estimate of drug-likeness (QED) is 0.681. The largest absolute Gasteiger partial charge is 0.489 e. The number of rotatable bonds is 7. The van der Waals surface area contributed by atoms with Crippen molar-refractivity contribution in [3.63, 3.8) is 0 Å². The maximum absolute atomic E-state index is 14.0. The molecule has 0 spiro atoms. The van der Waals surface area contributed by atoms with Crippen LogP contribution in [0.3, 0.4) is 0 Å². The van der Waals surface area contributed by atoms with Crippen molar-refractivity contribution >= 4 is 5.70 Å². The van der Waals surface area contributed by atoms with Gasteiger partial charge >= 0.3 is 0 Å². The van der Waals surface area contributed by atoms with Gasteiger partial charge in [0.1, 0.15) is 24.0 Å². The maximum Gasteiger partial charge on any atom is 0.162 e. The molecule has 4 rings (SSSR count). The Labute approximate surface area is 182 Å². The first-order chi connectivity index (χ1) is 15.0.